The molecule has 1 aromatic carbocycles. The molecule has 0 aliphatic rings. The van der Waals surface area contributed by atoms with E-state index in [0.29, 0.717) is 12.1 Å². The number of amides is 1. The number of carbonyl (C=O) groups excluding carboxylic acids is 1. The van der Waals surface area contributed by atoms with Gasteiger partial charge in [-0.25, -0.2) is 0 Å². The van der Waals surface area contributed by atoms with Gasteiger partial charge in [0, 0.05) is 11.8 Å². The Labute approximate surface area is 149 Å². The summed E-state index contributed by atoms with van der Waals surface area (Å²) in [5, 5.41) is 18.3. The number of azo groups is 1. The molecule has 2 rings (SSSR count). The van der Waals surface area contributed by atoms with Crippen molar-refractivity contribution in [1.29, 1.82) is 0 Å². The minimum absolute atomic E-state index is 0.0548. The second-order valence-electron chi connectivity index (χ2n) is 6.54. The summed E-state index contributed by atoms with van der Waals surface area (Å²) in [5.41, 5.74) is 1.11. The zero-order valence-electron chi connectivity index (χ0n) is 15.1. The summed E-state index contributed by atoms with van der Waals surface area (Å²) in [4.78, 5) is 14.7. The lowest BCUT2D eigenvalue weighted by Crippen LogP contribution is -1.91. The first-order valence-electron chi connectivity index (χ1n) is 9.46. The molecule has 1 amide bonds. The van der Waals surface area contributed by atoms with E-state index in [2.05, 4.69) is 22.1 Å². The summed E-state index contributed by atoms with van der Waals surface area (Å²) in [5.74, 6) is -0.284. The first-order chi connectivity index (χ1) is 12.2. The van der Waals surface area contributed by atoms with Crippen LogP contribution in [0.25, 0.3) is 10.9 Å². The second kappa shape index (κ2) is 10.6. The van der Waals surface area contributed by atoms with Crippen LogP contribution in [0.1, 0.15) is 71.1 Å². The van der Waals surface area contributed by atoms with E-state index in [4.69, 9.17) is 0 Å². The highest BCUT2D eigenvalue weighted by molar-refractivity contribution is 5.94. The van der Waals surface area contributed by atoms with Crippen LogP contribution in [0.4, 0.5) is 5.69 Å². The molecule has 0 radical (unpaired) electrons. The van der Waals surface area contributed by atoms with Crippen molar-refractivity contribution in [1.82, 2.24) is 4.98 Å². The van der Waals surface area contributed by atoms with Gasteiger partial charge in [0.05, 0.1) is 5.52 Å². The van der Waals surface area contributed by atoms with Crippen LogP contribution in [0, 0.1) is 0 Å². The Morgan fingerprint density at radius 3 is 2.36 bits per heavy atom. The van der Waals surface area contributed by atoms with E-state index >= 15 is 0 Å². The predicted octanol–water partition coefficient (Wildman–Crippen LogP) is 6.40. The minimum Gasteiger partial charge on any atom is -0.493 e. The van der Waals surface area contributed by atoms with E-state index in [1.807, 2.05) is 24.3 Å². The lowest BCUT2D eigenvalue weighted by Gasteiger charge is -2.00. The Balaban J connectivity index is 1.66. The molecule has 1 heterocycles. The average Bonchev–Trinajstić information content (AvgIpc) is 2.93. The highest BCUT2D eigenvalue weighted by Crippen LogP contribution is 2.35. The molecule has 0 aliphatic carbocycles. The van der Waals surface area contributed by atoms with Crippen molar-refractivity contribution in [3.8, 4) is 5.88 Å². The maximum atomic E-state index is 11.8. The average molecular weight is 343 g/mol. The van der Waals surface area contributed by atoms with E-state index in [9.17, 15) is 9.90 Å². The maximum Gasteiger partial charge on any atom is 0.264 e. The van der Waals surface area contributed by atoms with Gasteiger partial charge in [0.2, 0.25) is 5.88 Å². The van der Waals surface area contributed by atoms with Gasteiger partial charge in [-0.1, -0.05) is 76.5 Å². The molecule has 5 heteroatoms. The molecule has 0 spiro atoms. The molecule has 136 valence electrons. The number of aromatic amines is 1. The smallest absolute Gasteiger partial charge is 0.264 e. The molecule has 0 saturated heterocycles. The summed E-state index contributed by atoms with van der Waals surface area (Å²) in [6.45, 7) is 2.23. The first-order valence-corrected chi connectivity index (χ1v) is 9.46. The van der Waals surface area contributed by atoms with Gasteiger partial charge in [-0.15, -0.1) is 10.2 Å². The van der Waals surface area contributed by atoms with Crippen molar-refractivity contribution < 1.29 is 9.90 Å². The van der Waals surface area contributed by atoms with Crippen LogP contribution in [-0.2, 0) is 4.79 Å². The van der Waals surface area contributed by atoms with Crippen LogP contribution < -0.4 is 0 Å². The van der Waals surface area contributed by atoms with Gasteiger partial charge in [-0.05, 0) is 12.5 Å². The first kappa shape index (κ1) is 19.2. The van der Waals surface area contributed by atoms with E-state index in [1.54, 1.807) is 0 Å². The quantitative estimate of drug-likeness (QED) is 0.365. The van der Waals surface area contributed by atoms with Crippen molar-refractivity contribution in [2.45, 2.75) is 71.1 Å². The Morgan fingerprint density at radius 1 is 1.00 bits per heavy atom. The largest absolute Gasteiger partial charge is 0.493 e. The fourth-order valence-electron chi connectivity index (χ4n) is 2.96. The predicted molar refractivity (Wildman–Crippen MR) is 101 cm³/mol. The van der Waals surface area contributed by atoms with Crippen LogP contribution in [0.3, 0.4) is 0 Å². The van der Waals surface area contributed by atoms with E-state index in [-0.39, 0.29) is 11.8 Å². The van der Waals surface area contributed by atoms with Crippen molar-refractivity contribution >= 4 is 22.5 Å². The number of aromatic nitrogens is 1. The summed E-state index contributed by atoms with van der Waals surface area (Å²) < 4.78 is 0. The van der Waals surface area contributed by atoms with Crippen molar-refractivity contribution in [3.05, 3.63) is 24.3 Å². The number of H-pyrrole nitrogens is 1. The molecule has 0 unspecified atom stereocenters. The molecule has 0 bridgehead atoms. The third kappa shape index (κ3) is 6.33. The summed E-state index contributed by atoms with van der Waals surface area (Å²) in [6, 6.07) is 7.41. The number of para-hydroxylation sites is 1. The van der Waals surface area contributed by atoms with Crippen LogP contribution in [0.15, 0.2) is 34.5 Å². The zero-order chi connectivity index (χ0) is 17.9. The molecule has 25 heavy (non-hydrogen) atoms. The van der Waals surface area contributed by atoms with Gasteiger partial charge in [0.25, 0.3) is 5.91 Å². The number of nitrogens with zero attached hydrogens (tertiary/aromatic N) is 2. The van der Waals surface area contributed by atoms with Gasteiger partial charge in [-0.2, -0.15) is 0 Å². The third-order valence-electron chi connectivity index (χ3n) is 4.42. The number of hydrogen-bond acceptors (Lipinski definition) is 3. The number of hydrogen-bond donors (Lipinski definition) is 2. The molecular weight excluding hydrogens is 314 g/mol. The van der Waals surface area contributed by atoms with Crippen molar-refractivity contribution in [2.24, 2.45) is 10.2 Å². The Kier molecular flexibility index (Phi) is 8.16. The Bertz CT molecular complexity index is 691. The topological polar surface area (TPSA) is 77.8 Å². The number of rotatable bonds is 11. The number of fused-ring (bicyclic) bond motifs is 1. The fraction of sp³-hybridized carbons (Fsp3) is 0.550. The highest BCUT2D eigenvalue weighted by Gasteiger charge is 2.10. The zero-order valence-corrected chi connectivity index (χ0v) is 15.1. The molecule has 5 nitrogen and oxygen atoms in total. The van der Waals surface area contributed by atoms with Gasteiger partial charge in [0.15, 0.2) is 5.69 Å². The molecule has 0 atom stereocenters. The Morgan fingerprint density at radius 2 is 1.64 bits per heavy atom. The van der Waals surface area contributed by atoms with Crippen LogP contribution in [-0.4, -0.2) is 16.0 Å². The number of aromatic hydroxyl groups is 1. The molecular formula is C20H29N3O2. The fourth-order valence-corrected chi connectivity index (χ4v) is 2.96. The van der Waals surface area contributed by atoms with E-state index < -0.39 is 0 Å². The molecule has 2 aromatic rings. The number of nitrogens with one attached hydrogen (secondary N) is 1. The van der Waals surface area contributed by atoms with Crippen molar-refractivity contribution in [2.75, 3.05) is 0 Å². The Hall–Kier alpha value is -2.17. The molecule has 2 N–H and O–H groups in total. The highest BCUT2D eigenvalue weighted by atomic mass is 16.3. The molecule has 0 fully saturated rings. The number of carbonyl (C=O) groups is 1. The second-order valence-corrected chi connectivity index (χ2v) is 6.54. The SMILES string of the molecule is CCCCCCCCCCCC(=O)N=Nc1c(O)[nH]c2ccccc12. The summed E-state index contributed by atoms with van der Waals surface area (Å²) in [6.07, 6.45) is 11.4. The van der Waals surface area contributed by atoms with E-state index in [0.717, 1.165) is 23.7 Å². The standard InChI is InChI=1S/C20H29N3O2/c1-2-3-4-5-6-7-8-9-10-15-18(24)22-23-19-16-13-11-12-14-17(16)21-20(19)25/h11-14,21,25H,2-10,15H2,1H3. The molecule has 0 aliphatic heterocycles. The summed E-state index contributed by atoms with van der Waals surface area (Å²) in [7, 11) is 0. The monoisotopic (exact) mass is 343 g/mol. The van der Waals surface area contributed by atoms with Gasteiger partial charge < -0.3 is 10.1 Å². The van der Waals surface area contributed by atoms with Crippen LogP contribution in [0.2, 0.25) is 0 Å². The maximum absolute atomic E-state index is 11.8. The lowest BCUT2D eigenvalue weighted by atomic mass is 10.1. The van der Waals surface area contributed by atoms with Crippen LogP contribution in [0.5, 0.6) is 5.88 Å². The molecule has 0 saturated carbocycles. The van der Waals surface area contributed by atoms with Gasteiger partial charge in [0.1, 0.15) is 0 Å². The van der Waals surface area contributed by atoms with Gasteiger partial charge >= 0.3 is 0 Å². The molecule has 1 aromatic heterocycles. The van der Waals surface area contributed by atoms with Gasteiger partial charge in [-0.3, -0.25) is 4.79 Å². The number of benzene rings is 1. The third-order valence-corrected chi connectivity index (χ3v) is 4.42. The number of unbranched alkanes of at least 4 members (excludes halogenated alkanes) is 8. The normalized spacial score (nSPS) is 11.6. The van der Waals surface area contributed by atoms with Crippen LogP contribution >= 0.6 is 0 Å². The summed E-state index contributed by atoms with van der Waals surface area (Å²) >= 11 is 0. The van der Waals surface area contributed by atoms with Crippen molar-refractivity contribution in [3.63, 3.8) is 0 Å². The van der Waals surface area contributed by atoms with E-state index in [1.165, 1.54) is 44.9 Å². The minimum atomic E-state index is -0.229. The lowest BCUT2D eigenvalue weighted by molar-refractivity contribution is -0.118.